The Morgan fingerprint density at radius 1 is 1.26 bits per heavy atom. The third kappa shape index (κ3) is 5.87. The van der Waals surface area contributed by atoms with E-state index in [9.17, 15) is 9.59 Å². The van der Waals surface area contributed by atoms with Crippen molar-refractivity contribution in [3.8, 4) is 11.8 Å². The van der Waals surface area contributed by atoms with Crippen molar-refractivity contribution in [1.29, 1.82) is 5.26 Å². The van der Waals surface area contributed by atoms with Crippen molar-refractivity contribution in [3.63, 3.8) is 0 Å². The Morgan fingerprint density at radius 3 is 2.59 bits per heavy atom. The number of ether oxygens (including phenoxy) is 1. The maximum absolute atomic E-state index is 12.2. The van der Waals surface area contributed by atoms with E-state index in [1.165, 1.54) is 25.1 Å². The van der Waals surface area contributed by atoms with Gasteiger partial charge in [-0.05, 0) is 42.0 Å². The van der Waals surface area contributed by atoms with Gasteiger partial charge in [-0.3, -0.25) is 9.59 Å². The van der Waals surface area contributed by atoms with Gasteiger partial charge < -0.3 is 15.0 Å². The molecule has 0 saturated carbocycles. The molecular weight excluding hydrogens is 366 g/mol. The number of hydrogen-bond donors (Lipinski definition) is 1. The van der Waals surface area contributed by atoms with Crippen molar-refractivity contribution in [1.82, 2.24) is 4.90 Å². The quantitative estimate of drug-likeness (QED) is 0.775. The summed E-state index contributed by atoms with van der Waals surface area (Å²) in [5.74, 6) is -0.229. The zero-order valence-electron chi connectivity index (χ0n) is 14.9. The molecule has 0 fully saturated rings. The van der Waals surface area contributed by atoms with Crippen molar-refractivity contribution in [2.24, 2.45) is 0 Å². The van der Waals surface area contributed by atoms with Gasteiger partial charge >= 0.3 is 0 Å². The highest BCUT2D eigenvalue weighted by Gasteiger charge is 2.13. The molecular formula is C20H18ClN3O3. The number of halogens is 1. The highest BCUT2D eigenvalue weighted by Crippen LogP contribution is 2.27. The van der Waals surface area contributed by atoms with Crippen molar-refractivity contribution in [3.05, 3.63) is 64.7 Å². The Kier molecular flexibility index (Phi) is 6.98. The molecule has 27 heavy (non-hydrogen) atoms. The molecule has 138 valence electrons. The van der Waals surface area contributed by atoms with Crippen molar-refractivity contribution < 1.29 is 14.3 Å². The average molecular weight is 384 g/mol. The second-order valence-electron chi connectivity index (χ2n) is 5.65. The van der Waals surface area contributed by atoms with Crippen LogP contribution in [0, 0.1) is 11.3 Å². The Bertz CT molecular complexity index is 902. The molecule has 2 aromatic carbocycles. The van der Waals surface area contributed by atoms with Gasteiger partial charge in [0, 0.05) is 18.1 Å². The SMILES string of the molecule is COc1ccc(Cl)cc1NC(=O)CN(C)C(=O)/C=C/c1ccc(C#N)cc1. The first-order valence-electron chi connectivity index (χ1n) is 7.99. The van der Waals surface area contributed by atoms with Gasteiger partial charge in [-0.15, -0.1) is 0 Å². The van der Waals surface area contributed by atoms with E-state index in [0.29, 0.717) is 22.0 Å². The fourth-order valence-corrected chi connectivity index (χ4v) is 2.40. The van der Waals surface area contributed by atoms with Gasteiger partial charge in [0.25, 0.3) is 0 Å². The number of benzene rings is 2. The molecule has 0 aromatic heterocycles. The molecule has 0 unspecified atom stereocenters. The number of amides is 2. The monoisotopic (exact) mass is 383 g/mol. The fourth-order valence-electron chi connectivity index (χ4n) is 2.22. The molecule has 2 rings (SSSR count). The molecule has 2 amide bonds. The van der Waals surface area contributed by atoms with Crippen LogP contribution in [0.1, 0.15) is 11.1 Å². The lowest BCUT2D eigenvalue weighted by Gasteiger charge is -2.16. The van der Waals surface area contributed by atoms with E-state index >= 15 is 0 Å². The summed E-state index contributed by atoms with van der Waals surface area (Å²) < 4.78 is 5.17. The van der Waals surface area contributed by atoms with E-state index in [0.717, 1.165) is 5.56 Å². The van der Waals surface area contributed by atoms with E-state index < -0.39 is 0 Å². The minimum absolute atomic E-state index is 0.133. The molecule has 2 aromatic rings. The van der Waals surface area contributed by atoms with Crippen LogP contribution in [0.5, 0.6) is 5.75 Å². The van der Waals surface area contributed by atoms with Gasteiger partial charge in [0.2, 0.25) is 11.8 Å². The number of likely N-dealkylation sites (N-methyl/N-ethyl adjacent to an activating group) is 1. The van der Waals surface area contributed by atoms with Crippen molar-refractivity contribution in [2.45, 2.75) is 0 Å². The number of nitriles is 1. The number of anilines is 1. The zero-order valence-corrected chi connectivity index (χ0v) is 15.7. The molecule has 0 atom stereocenters. The first-order chi connectivity index (χ1) is 12.9. The summed E-state index contributed by atoms with van der Waals surface area (Å²) in [5, 5.41) is 11.9. The highest BCUT2D eigenvalue weighted by atomic mass is 35.5. The van der Waals surface area contributed by atoms with Crippen LogP contribution in [-0.2, 0) is 9.59 Å². The third-order valence-electron chi connectivity index (χ3n) is 3.65. The first-order valence-corrected chi connectivity index (χ1v) is 8.37. The Balaban J connectivity index is 1.95. The summed E-state index contributed by atoms with van der Waals surface area (Å²) in [6, 6.07) is 13.7. The van der Waals surface area contributed by atoms with E-state index in [2.05, 4.69) is 5.32 Å². The Morgan fingerprint density at radius 2 is 1.96 bits per heavy atom. The van der Waals surface area contributed by atoms with Crippen molar-refractivity contribution in [2.75, 3.05) is 26.0 Å². The lowest BCUT2D eigenvalue weighted by molar-refractivity contribution is -0.129. The molecule has 0 spiro atoms. The van der Waals surface area contributed by atoms with Gasteiger partial charge in [-0.2, -0.15) is 5.26 Å². The van der Waals surface area contributed by atoms with Gasteiger partial charge in [0.05, 0.1) is 31.0 Å². The first kappa shape index (κ1) is 20.0. The van der Waals surface area contributed by atoms with E-state index in [1.807, 2.05) is 6.07 Å². The fraction of sp³-hybridized carbons (Fsp3) is 0.150. The predicted molar refractivity (Wildman–Crippen MR) is 104 cm³/mol. The molecule has 0 radical (unpaired) electrons. The van der Waals surface area contributed by atoms with Crippen molar-refractivity contribution >= 4 is 35.2 Å². The summed E-state index contributed by atoms with van der Waals surface area (Å²) >= 11 is 5.93. The molecule has 0 aliphatic carbocycles. The van der Waals surface area contributed by atoms with E-state index in [1.54, 1.807) is 48.5 Å². The van der Waals surface area contributed by atoms with Crippen LogP contribution in [-0.4, -0.2) is 37.4 Å². The number of rotatable bonds is 6. The maximum atomic E-state index is 12.2. The predicted octanol–water partition coefficient (Wildman–Crippen LogP) is 3.33. The average Bonchev–Trinajstić information content (AvgIpc) is 2.66. The highest BCUT2D eigenvalue weighted by molar-refractivity contribution is 6.31. The number of nitrogens with one attached hydrogen (secondary N) is 1. The smallest absolute Gasteiger partial charge is 0.246 e. The van der Waals surface area contributed by atoms with Gasteiger partial charge in [-0.25, -0.2) is 0 Å². The van der Waals surface area contributed by atoms with Gasteiger partial charge in [0.1, 0.15) is 5.75 Å². The third-order valence-corrected chi connectivity index (χ3v) is 3.89. The molecule has 0 bridgehead atoms. The van der Waals surface area contributed by atoms with Crippen LogP contribution in [0.4, 0.5) is 5.69 Å². The van der Waals surface area contributed by atoms with Crippen LogP contribution in [0.15, 0.2) is 48.5 Å². The molecule has 0 heterocycles. The van der Waals surface area contributed by atoms with E-state index in [-0.39, 0.29) is 18.4 Å². The lowest BCUT2D eigenvalue weighted by Crippen LogP contribution is -2.33. The second-order valence-corrected chi connectivity index (χ2v) is 6.09. The summed E-state index contributed by atoms with van der Waals surface area (Å²) in [6.07, 6.45) is 2.99. The van der Waals surface area contributed by atoms with E-state index in [4.69, 9.17) is 21.6 Å². The summed E-state index contributed by atoms with van der Waals surface area (Å²) in [6.45, 7) is -0.133. The van der Waals surface area contributed by atoms with Crippen LogP contribution in [0.25, 0.3) is 6.08 Å². The lowest BCUT2D eigenvalue weighted by atomic mass is 10.1. The molecule has 1 N–H and O–H groups in total. The number of methoxy groups -OCH3 is 1. The standard InChI is InChI=1S/C20H18ClN3O3/c1-24(20(26)10-7-14-3-5-15(12-22)6-4-14)13-19(25)23-17-11-16(21)8-9-18(17)27-2/h3-11H,13H2,1-2H3,(H,23,25)/b10-7+. The zero-order chi connectivity index (χ0) is 19.8. The summed E-state index contributed by atoms with van der Waals surface area (Å²) in [4.78, 5) is 25.6. The number of hydrogen-bond acceptors (Lipinski definition) is 4. The summed E-state index contributed by atoms with van der Waals surface area (Å²) in [5.41, 5.74) is 1.76. The molecule has 0 aliphatic heterocycles. The normalized spacial score (nSPS) is 10.3. The Labute approximate surface area is 162 Å². The molecule has 0 aliphatic rings. The summed E-state index contributed by atoms with van der Waals surface area (Å²) in [7, 11) is 3.02. The molecule has 7 heteroatoms. The number of carbonyl (C=O) groups is 2. The Hall–Kier alpha value is -3.30. The second kappa shape index (κ2) is 9.41. The minimum Gasteiger partial charge on any atom is -0.495 e. The van der Waals surface area contributed by atoms with Crippen LogP contribution in [0.3, 0.4) is 0 Å². The number of nitrogens with zero attached hydrogens (tertiary/aromatic N) is 2. The molecule has 0 saturated heterocycles. The maximum Gasteiger partial charge on any atom is 0.246 e. The van der Waals surface area contributed by atoms with Crippen LogP contribution in [0.2, 0.25) is 5.02 Å². The largest absolute Gasteiger partial charge is 0.495 e. The van der Waals surface area contributed by atoms with Gasteiger partial charge in [-0.1, -0.05) is 23.7 Å². The number of carbonyl (C=O) groups excluding carboxylic acids is 2. The molecule has 6 nitrogen and oxygen atoms in total. The topological polar surface area (TPSA) is 82.4 Å². The minimum atomic E-state index is -0.377. The van der Waals surface area contributed by atoms with Gasteiger partial charge in [0.15, 0.2) is 0 Å². The van der Waals surface area contributed by atoms with Crippen LogP contribution >= 0.6 is 11.6 Å². The van der Waals surface area contributed by atoms with Crippen LogP contribution < -0.4 is 10.1 Å².